The lowest BCUT2D eigenvalue weighted by atomic mass is 9.55. The molecule has 3 aromatic rings. The maximum Gasteiger partial charge on any atom is 0.416 e. The molecule has 43 heavy (non-hydrogen) atoms. The van der Waals surface area contributed by atoms with Crippen LogP contribution < -0.4 is 5.32 Å². The number of imide groups is 1. The third kappa shape index (κ3) is 4.68. The molecule has 3 aliphatic carbocycles. The van der Waals surface area contributed by atoms with Gasteiger partial charge in [-0.05, 0) is 46.4 Å². The molecule has 222 valence electrons. The molecule has 2 bridgehead atoms. The molecule has 3 aromatic carbocycles. The van der Waals surface area contributed by atoms with Crippen LogP contribution in [0, 0.1) is 17.8 Å². The number of ether oxygens (including phenoxy) is 1. The van der Waals surface area contributed by atoms with Crippen molar-refractivity contribution in [2.45, 2.75) is 37.9 Å². The zero-order valence-corrected chi connectivity index (χ0v) is 23.8. The quantitative estimate of drug-likeness (QED) is 0.283. The van der Waals surface area contributed by atoms with E-state index in [1.54, 1.807) is 13.8 Å². The van der Waals surface area contributed by atoms with E-state index in [9.17, 15) is 32.3 Å². The highest BCUT2D eigenvalue weighted by Crippen LogP contribution is 2.61. The lowest BCUT2D eigenvalue weighted by Crippen LogP contribution is -2.49. The number of nitrogens with one attached hydrogen (secondary N) is 1. The van der Waals surface area contributed by atoms with E-state index in [4.69, 9.17) is 16.3 Å². The van der Waals surface area contributed by atoms with Gasteiger partial charge >= 0.3 is 12.1 Å². The molecule has 0 saturated carbocycles. The van der Waals surface area contributed by atoms with E-state index in [0.717, 1.165) is 39.3 Å². The van der Waals surface area contributed by atoms with Gasteiger partial charge in [0.2, 0.25) is 11.8 Å². The molecule has 7 rings (SSSR count). The standard InChI is InChI=1S/C32H26ClF3N2O5/c1-15(2)28(31(42)43-14-23(39)37-22-13-16(32(34,35)36)11-12-21(22)33)38-29(40)26-24-17-7-3-4-8-18(17)25(27(26)30(38)41)20-10-6-5-9-19(20)24/h3-13,15,24-28H,14H2,1-2H3,(H,37,39)/t24?,25?,26-,27-,28-/m1/s1. The Morgan fingerprint density at radius 3 is 1.81 bits per heavy atom. The lowest BCUT2D eigenvalue weighted by Gasteiger charge is -2.45. The number of carbonyl (C=O) groups is 4. The molecular formula is C32H26ClF3N2O5. The topological polar surface area (TPSA) is 92.8 Å². The Bertz CT molecular complexity index is 1560. The average molecular weight is 611 g/mol. The van der Waals surface area contributed by atoms with Crippen LogP contribution in [0.15, 0.2) is 66.7 Å². The fraction of sp³-hybridized carbons (Fsp3) is 0.312. The van der Waals surface area contributed by atoms with E-state index < -0.39 is 65.8 Å². The predicted octanol–water partition coefficient (Wildman–Crippen LogP) is 5.76. The minimum absolute atomic E-state index is 0.139. The van der Waals surface area contributed by atoms with E-state index in [1.165, 1.54) is 0 Å². The SMILES string of the molecule is CC(C)[C@H](C(=O)OCC(=O)Nc1cc(C(F)(F)F)ccc1Cl)N1C(=O)[C@@H]2C3c4ccccc4C(c4ccccc43)[C@H]2C1=O. The smallest absolute Gasteiger partial charge is 0.416 e. The van der Waals surface area contributed by atoms with Crippen molar-refractivity contribution >= 4 is 41.0 Å². The summed E-state index contributed by atoms with van der Waals surface area (Å²) >= 11 is 5.95. The summed E-state index contributed by atoms with van der Waals surface area (Å²) < 4.78 is 44.5. The Morgan fingerprint density at radius 2 is 1.37 bits per heavy atom. The van der Waals surface area contributed by atoms with Gasteiger partial charge in [-0.2, -0.15) is 13.2 Å². The highest BCUT2D eigenvalue weighted by molar-refractivity contribution is 6.33. The molecule has 1 N–H and O–H groups in total. The van der Waals surface area contributed by atoms with Gasteiger partial charge in [0.05, 0.1) is 28.1 Å². The van der Waals surface area contributed by atoms with Crippen molar-refractivity contribution in [3.05, 3.63) is 99.6 Å². The number of rotatable bonds is 6. The highest BCUT2D eigenvalue weighted by atomic mass is 35.5. The molecule has 0 unspecified atom stereocenters. The first-order chi connectivity index (χ1) is 20.4. The molecule has 7 nitrogen and oxygen atoms in total. The number of anilines is 1. The van der Waals surface area contributed by atoms with E-state index in [0.29, 0.717) is 6.07 Å². The Morgan fingerprint density at radius 1 is 0.884 bits per heavy atom. The zero-order chi connectivity index (χ0) is 30.8. The van der Waals surface area contributed by atoms with Crippen LogP contribution in [0.3, 0.4) is 0 Å². The molecule has 3 atom stereocenters. The van der Waals surface area contributed by atoms with Gasteiger partial charge in [0.1, 0.15) is 6.04 Å². The Kier molecular flexibility index (Phi) is 7.07. The normalized spacial score (nSPS) is 22.6. The second-order valence-corrected chi connectivity index (χ2v) is 11.8. The average Bonchev–Trinajstić information content (AvgIpc) is 3.22. The molecule has 1 aliphatic heterocycles. The Hall–Kier alpha value is -4.18. The fourth-order valence-corrected chi connectivity index (χ4v) is 7.02. The summed E-state index contributed by atoms with van der Waals surface area (Å²) in [5.41, 5.74) is 2.64. The number of hydrogen-bond acceptors (Lipinski definition) is 5. The summed E-state index contributed by atoms with van der Waals surface area (Å²) in [6, 6.07) is 16.7. The minimum atomic E-state index is -4.66. The van der Waals surface area contributed by atoms with E-state index >= 15 is 0 Å². The second-order valence-electron chi connectivity index (χ2n) is 11.3. The fourth-order valence-electron chi connectivity index (χ4n) is 6.86. The van der Waals surface area contributed by atoms with Gasteiger partial charge in [-0.3, -0.25) is 19.3 Å². The highest BCUT2D eigenvalue weighted by Gasteiger charge is 2.63. The number of benzene rings is 3. The van der Waals surface area contributed by atoms with Crippen LogP contribution in [0.5, 0.6) is 0 Å². The maximum absolute atomic E-state index is 14.1. The number of esters is 1. The summed E-state index contributed by atoms with van der Waals surface area (Å²) in [5, 5.41) is 2.08. The third-order valence-electron chi connectivity index (χ3n) is 8.55. The molecule has 1 saturated heterocycles. The summed E-state index contributed by atoms with van der Waals surface area (Å²) in [7, 11) is 0. The van der Waals surface area contributed by atoms with Crippen LogP contribution in [0.1, 0.15) is 53.5 Å². The molecule has 0 radical (unpaired) electrons. The van der Waals surface area contributed by atoms with E-state index in [1.807, 2.05) is 48.5 Å². The van der Waals surface area contributed by atoms with Crippen molar-refractivity contribution in [1.82, 2.24) is 4.90 Å². The van der Waals surface area contributed by atoms with Gasteiger partial charge in [-0.15, -0.1) is 0 Å². The van der Waals surface area contributed by atoms with Gasteiger partial charge in [0.15, 0.2) is 6.61 Å². The molecular weight excluding hydrogens is 585 g/mol. The summed E-state index contributed by atoms with van der Waals surface area (Å²) in [4.78, 5) is 55.0. The van der Waals surface area contributed by atoms with Crippen molar-refractivity contribution in [2.24, 2.45) is 17.8 Å². The van der Waals surface area contributed by atoms with Crippen molar-refractivity contribution in [1.29, 1.82) is 0 Å². The molecule has 1 fully saturated rings. The van der Waals surface area contributed by atoms with Crippen LogP contribution in [0.25, 0.3) is 0 Å². The Labute approximate surface area is 250 Å². The zero-order valence-electron chi connectivity index (χ0n) is 23.0. The monoisotopic (exact) mass is 610 g/mol. The first-order valence-electron chi connectivity index (χ1n) is 13.8. The number of carbonyl (C=O) groups excluding carboxylic acids is 4. The van der Waals surface area contributed by atoms with Gasteiger partial charge in [0, 0.05) is 11.8 Å². The second kappa shape index (κ2) is 10.5. The first kappa shape index (κ1) is 28.9. The molecule has 3 amide bonds. The van der Waals surface area contributed by atoms with Crippen molar-refractivity contribution < 1.29 is 37.1 Å². The number of halogens is 4. The maximum atomic E-state index is 14.1. The van der Waals surface area contributed by atoms with Crippen molar-refractivity contribution in [3.8, 4) is 0 Å². The van der Waals surface area contributed by atoms with Crippen LogP contribution >= 0.6 is 11.6 Å². The van der Waals surface area contributed by atoms with Crippen LogP contribution in [0.4, 0.5) is 18.9 Å². The van der Waals surface area contributed by atoms with Gasteiger partial charge in [-0.1, -0.05) is 74.0 Å². The number of amides is 3. The van der Waals surface area contributed by atoms with Gasteiger partial charge in [0.25, 0.3) is 5.91 Å². The number of likely N-dealkylation sites (tertiary alicyclic amines) is 1. The molecule has 0 spiro atoms. The third-order valence-corrected chi connectivity index (χ3v) is 8.88. The summed E-state index contributed by atoms with van der Waals surface area (Å²) in [5.74, 6) is -5.48. The summed E-state index contributed by atoms with van der Waals surface area (Å²) in [6.07, 6.45) is -4.66. The van der Waals surface area contributed by atoms with Crippen LogP contribution in [-0.4, -0.2) is 41.2 Å². The first-order valence-corrected chi connectivity index (χ1v) is 14.2. The van der Waals surface area contributed by atoms with Gasteiger partial charge < -0.3 is 10.1 Å². The molecule has 11 heteroatoms. The molecule has 0 aromatic heterocycles. The number of hydrogen-bond donors (Lipinski definition) is 1. The van der Waals surface area contributed by atoms with E-state index in [-0.39, 0.29) is 22.5 Å². The largest absolute Gasteiger partial charge is 0.454 e. The molecule has 4 aliphatic rings. The summed E-state index contributed by atoms with van der Waals surface area (Å²) in [6.45, 7) is 2.46. The van der Waals surface area contributed by atoms with Crippen LogP contribution in [-0.2, 0) is 30.1 Å². The predicted molar refractivity (Wildman–Crippen MR) is 150 cm³/mol. The van der Waals surface area contributed by atoms with Crippen molar-refractivity contribution in [2.75, 3.05) is 11.9 Å². The van der Waals surface area contributed by atoms with Crippen molar-refractivity contribution in [3.63, 3.8) is 0 Å². The molecule has 1 heterocycles. The number of nitrogens with zero attached hydrogens (tertiary/aromatic N) is 1. The van der Waals surface area contributed by atoms with E-state index in [2.05, 4.69) is 5.32 Å². The van der Waals surface area contributed by atoms with Crippen LogP contribution in [0.2, 0.25) is 5.02 Å². The minimum Gasteiger partial charge on any atom is -0.454 e. The Balaban J connectivity index is 1.23. The lowest BCUT2D eigenvalue weighted by molar-refractivity contribution is -0.162. The number of alkyl halides is 3. The van der Waals surface area contributed by atoms with Gasteiger partial charge in [-0.25, -0.2) is 4.79 Å².